The number of benzene rings is 1. The molecular formula is C21H28N2O2. The molecule has 4 heteroatoms. The number of nitrogens with one attached hydrogen (secondary N) is 1. The highest BCUT2D eigenvalue weighted by Gasteiger charge is 2.38. The number of aromatic amines is 1. The summed E-state index contributed by atoms with van der Waals surface area (Å²) in [6.07, 6.45) is 8.55. The van der Waals surface area contributed by atoms with Crippen LogP contribution in [0.2, 0.25) is 0 Å². The Balaban J connectivity index is 1.53. The first-order valence-electron chi connectivity index (χ1n) is 9.68. The smallest absolute Gasteiger partial charge is 0.227 e. The van der Waals surface area contributed by atoms with Gasteiger partial charge in [-0.15, -0.1) is 0 Å². The highest BCUT2D eigenvalue weighted by Crippen LogP contribution is 2.35. The average molecular weight is 340 g/mol. The summed E-state index contributed by atoms with van der Waals surface area (Å²) in [5.74, 6) is 0.481. The van der Waals surface area contributed by atoms with Gasteiger partial charge in [0.25, 0.3) is 0 Å². The number of carbonyl (C=O) groups excluding carboxylic acids is 1. The zero-order chi connectivity index (χ0) is 17.4. The van der Waals surface area contributed by atoms with Crippen molar-refractivity contribution in [2.45, 2.75) is 64.0 Å². The van der Waals surface area contributed by atoms with E-state index in [-0.39, 0.29) is 24.0 Å². The first kappa shape index (κ1) is 16.6. The van der Waals surface area contributed by atoms with Gasteiger partial charge in [-0.1, -0.05) is 25.0 Å². The number of likely N-dealkylation sites (tertiary alicyclic amines) is 1. The molecule has 1 aliphatic heterocycles. The van der Waals surface area contributed by atoms with Crippen molar-refractivity contribution in [3.05, 3.63) is 35.5 Å². The third-order valence-electron chi connectivity index (χ3n) is 6.23. The first-order chi connectivity index (χ1) is 12.1. The minimum Gasteiger partial charge on any atom is -0.393 e. The van der Waals surface area contributed by atoms with Crippen molar-refractivity contribution < 1.29 is 9.90 Å². The van der Waals surface area contributed by atoms with Gasteiger partial charge in [-0.05, 0) is 49.8 Å². The Bertz CT molecular complexity index is 766. The second-order valence-corrected chi connectivity index (χ2v) is 7.80. The second kappa shape index (κ2) is 6.83. The number of H-pyrrole nitrogens is 1. The quantitative estimate of drug-likeness (QED) is 0.897. The third kappa shape index (κ3) is 3.08. The van der Waals surface area contributed by atoms with Gasteiger partial charge < -0.3 is 15.0 Å². The molecule has 0 radical (unpaired) electrons. The number of nitrogens with zero attached hydrogens (tertiary/aromatic N) is 1. The lowest BCUT2D eigenvalue weighted by Crippen LogP contribution is -2.45. The summed E-state index contributed by atoms with van der Waals surface area (Å²) in [7, 11) is 0. The number of carbonyl (C=O) groups is 1. The molecule has 4 rings (SSSR count). The zero-order valence-electron chi connectivity index (χ0n) is 15.0. The van der Waals surface area contributed by atoms with E-state index in [1.165, 1.54) is 17.4 Å². The van der Waals surface area contributed by atoms with Crippen LogP contribution in [0.4, 0.5) is 0 Å². The molecule has 3 atom stereocenters. The van der Waals surface area contributed by atoms with Crippen molar-refractivity contribution in [3.63, 3.8) is 0 Å². The Morgan fingerprint density at radius 1 is 1.24 bits per heavy atom. The zero-order valence-corrected chi connectivity index (χ0v) is 15.0. The Hall–Kier alpha value is -1.81. The maximum atomic E-state index is 13.1. The molecule has 4 nitrogen and oxygen atoms in total. The van der Waals surface area contributed by atoms with Gasteiger partial charge in [0, 0.05) is 35.6 Å². The number of aryl methyl sites for hydroxylation is 1. The van der Waals surface area contributed by atoms with Crippen molar-refractivity contribution >= 4 is 16.8 Å². The summed E-state index contributed by atoms with van der Waals surface area (Å²) in [6, 6.07) is 6.43. The molecule has 2 N–H and O–H groups in total. The number of rotatable bonds is 3. The molecular weight excluding hydrogens is 312 g/mol. The minimum absolute atomic E-state index is 0.212. The summed E-state index contributed by atoms with van der Waals surface area (Å²) in [6.45, 7) is 2.94. The van der Waals surface area contributed by atoms with Crippen molar-refractivity contribution in [1.82, 2.24) is 9.88 Å². The van der Waals surface area contributed by atoms with Crippen LogP contribution in [0.15, 0.2) is 24.4 Å². The summed E-state index contributed by atoms with van der Waals surface area (Å²) >= 11 is 0. The SMILES string of the molecule is Cc1cccc2[nH]cc(CC(=O)N3CCC[C@@H]3[C@@H]3CCCC[C@H]3O)c12. The van der Waals surface area contributed by atoms with Gasteiger partial charge in [0.15, 0.2) is 0 Å². The van der Waals surface area contributed by atoms with Gasteiger partial charge in [-0.25, -0.2) is 0 Å². The van der Waals surface area contributed by atoms with E-state index in [2.05, 4.69) is 28.9 Å². The van der Waals surface area contributed by atoms with Crippen molar-refractivity contribution in [2.75, 3.05) is 6.54 Å². The molecule has 25 heavy (non-hydrogen) atoms. The molecule has 0 bridgehead atoms. The van der Waals surface area contributed by atoms with E-state index >= 15 is 0 Å². The number of aliphatic hydroxyl groups excluding tert-OH is 1. The van der Waals surface area contributed by atoms with Gasteiger partial charge in [0.05, 0.1) is 12.5 Å². The fraction of sp³-hybridized carbons (Fsp3) is 0.571. The largest absolute Gasteiger partial charge is 0.393 e. The number of hydrogen-bond acceptors (Lipinski definition) is 2. The summed E-state index contributed by atoms with van der Waals surface area (Å²) < 4.78 is 0. The summed E-state index contributed by atoms with van der Waals surface area (Å²) in [5, 5.41) is 11.6. The van der Waals surface area contributed by atoms with Gasteiger partial charge in [-0.2, -0.15) is 0 Å². The van der Waals surface area contributed by atoms with Gasteiger partial charge >= 0.3 is 0 Å². The molecule has 1 aliphatic carbocycles. The fourth-order valence-electron chi connectivity index (χ4n) is 4.99. The lowest BCUT2D eigenvalue weighted by Gasteiger charge is -2.37. The molecule has 0 spiro atoms. The van der Waals surface area contributed by atoms with Crippen LogP contribution in [0.25, 0.3) is 10.9 Å². The topological polar surface area (TPSA) is 56.3 Å². The molecule has 1 aromatic heterocycles. The van der Waals surface area contributed by atoms with Gasteiger partial charge in [-0.3, -0.25) is 4.79 Å². The predicted molar refractivity (Wildman–Crippen MR) is 99.4 cm³/mol. The highest BCUT2D eigenvalue weighted by molar-refractivity contribution is 5.91. The Kier molecular flexibility index (Phi) is 4.55. The minimum atomic E-state index is -0.234. The molecule has 2 aromatic rings. The van der Waals surface area contributed by atoms with E-state index in [1.807, 2.05) is 12.3 Å². The molecule has 1 aromatic carbocycles. The lowest BCUT2D eigenvalue weighted by atomic mass is 9.80. The maximum absolute atomic E-state index is 13.1. The van der Waals surface area contributed by atoms with Crippen LogP contribution in [0, 0.1) is 12.8 Å². The predicted octanol–water partition coefficient (Wildman–Crippen LogP) is 3.56. The van der Waals surface area contributed by atoms with Crippen molar-refractivity contribution in [3.8, 4) is 0 Å². The molecule has 1 amide bonds. The molecule has 2 heterocycles. The number of hydrogen-bond donors (Lipinski definition) is 2. The summed E-state index contributed by atoms with van der Waals surface area (Å²) in [5.41, 5.74) is 3.40. The molecule has 1 saturated carbocycles. The molecule has 134 valence electrons. The maximum Gasteiger partial charge on any atom is 0.227 e. The molecule has 0 unspecified atom stereocenters. The van der Waals surface area contributed by atoms with E-state index < -0.39 is 0 Å². The van der Waals surface area contributed by atoms with Gasteiger partial charge in [0.2, 0.25) is 5.91 Å². The van der Waals surface area contributed by atoms with Crippen molar-refractivity contribution in [2.24, 2.45) is 5.92 Å². The van der Waals surface area contributed by atoms with Crippen LogP contribution in [-0.4, -0.2) is 39.6 Å². The van der Waals surface area contributed by atoms with Crippen LogP contribution in [0.1, 0.15) is 49.7 Å². The first-order valence-corrected chi connectivity index (χ1v) is 9.68. The van der Waals surface area contributed by atoms with E-state index in [9.17, 15) is 9.90 Å². The van der Waals surface area contributed by atoms with Crippen molar-refractivity contribution in [1.29, 1.82) is 0 Å². The van der Waals surface area contributed by atoms with E-state index in [0.29, 0.717) is 6.42 Å². The van der Waals surface area contributed by atoms with Crippen LogP contribution < -0.4 is 0 Å². The second-order valence-electron chi connectivity index (χ2n) is 7.80. The van der Waals surface area contributed by atoms with Crippen LogP contribution in [-0.2, 0) is 11.2 Å². The van der Waals surface area contributed by atoms with Crippen LogP contribution in [0.5, 0.6) is 0 Å². The number of aliphatic hydroxyl groups is 1. The third-order valence-corrected chi connectivity index (χ3v) is 6.23. The molecule has 2 aliphatic rings. The highest BCUT2D eigenvalue weighted by atomic mass is 16.3. The van der Waals surface area contributed by atoms with Crippen LogP contribution in [0.3, 0.4) is 0 Å². The van der Waals surface area contributed by atoms with E-state index in [1.54, 1.807) is 0 Å². The monoisotopic (exact) mass is 340 g/mol. The molecule has 2 fully saturated rings. The fourth-order valence-corrected chi connectivity index (χ4v) is 4.99. The normalized spacial score (nSPS) is 27.1. The Labute approximate surface area is 149 Å². The number of aromatic nitrogens is 1. The Morgan fingerprint density at radius 3 is 2.92 bits per heavy atom. The van der Waals surface area contributed by atoms with E-state index in [4.69, 9.17) is 0 Å². The standard InChI is InChI=1S/C21H28N2O2/c1-14-6-4-8-17-21(14)15(13-22-17)12-20(25)23-11-5-9-18(23)16-7-2-3-10-19(16)24/h4,6,8,13,16,18-19,22,24H,2-3,5,7,9-12H2,1H3/t16-,18+,19+/m0/s1. The van der Waals surface area contributed by atoms with Gasteiger partial charge in [0.1, 0.15) is 0 Å². The van der Waals surface area contributed by atoms with Crippen LogP contribution >= 0.6 is 0 Å². The van der Waals surface area contributed by atoms with E-state index in [0.717, 1.165) is 49.7 Å². The summed E-state index contributed by atoms with van der Waals surface area (Å²) in [4.78, 5) is 18.4. The average Bonchev–Trinajstić information content (AvgIpc) is 3.23. The number of amides is 1. The lowest BCUT2D eigenvalue weighted by molar-refractivity contribution is -0.133. The molecule has 1 saturated heterocycles. The number of fused-ring (bicyclic) bond motifs is 1. The Morgan fingerprint density at radius 2 is 2.08 bits per heavy atom.